The number of carbonyl (C=O) groups is 1. The molecule has 3 heterocycles. The van der Waals surface area contributed by atoms with Gasteiger partial charge >= 0.3 is 6.03 Å². The van der Waals surface area contributed by atoms with Gasteiger partial charge in [0.05, 0.1) is 31.3 Å². The SMILES string of the molecule is CCc1nc2n(n1)C[C@H](NC(=O)N1CCO[C@](C)(CC)C1)CC2. The molecule has 0 aromatic carbocycles. The Hall–Kier alpha value is -1.63. The Kier molecular flexibility index (Phi) is 4.57. The molecular formula is C16H27N5O2. The zero-order valence-corrected chi connectivity index (χ0v) is 14.3. The lowest BCUT2D eigenvalue weighted by molar-refractivity contribution is -0.0875. The molecule has 7 heteroatoms. The first-order chi connectivity index (χ1) is 11.0. The number of hydrogen-bond donors (Lipinski definition) is 1. The summed E-state index contributed by atoms with van der Waals surface area (Å²) in [6.07, 6.45) is 3.54. The van der Waals surface area contributed by atoms with Gasteiger partial charge in [0.2, 0.25) is 0 Å². The lowest BCUT2D eigenvalue weighted by Gasteiger charge is -2.40. The fourth-order valence-corrected chi connectivity index (χ4v) is 3.21. The summed E-state index contributed by atoms with van der Waals surface area (Å²) in [6, 6.07) is 0.134. The Bertz CT molecular complexity index is 573. The fraction of sp³-hybridized carbons (Fsp3) is 0.812. The fourth-order valence-electron chi connectivity index (χ4n) is 3.21. The number of morpholine rings is 1. The molecule has 0 aliphatic carbocycles. The number of amides is 2. The van der Waals surface area contributed by atoms with Crippen LogP contribution in [-0.4, -0.2) is 57.0 Å². The van der Waals surface area contributed by atoms with Crippen LogP contribution in [0.4, 0.5) is 4.79 Å². The van der Waals surface area contributed by atoms with Crippen molar-refractivity contribution in [2.24, 2.45) is 0 Å². The average molecular weight is 321 g/mol. The van der Waals surface area contributed by atoms with Crippen LogP contribution in [0.2, 0.25) is 0 Å². The van der Waals surface area contributed by atoms with Crippen molar-refractivity contribution in [1.29, 1.82) is 0 Å². The van der Waals surface area contributed by atoms with Crippen molar-refractivity contribution in [3.8, 4) is 0 Å². The van der Waals surface area contributed by atoms with E-state index in [0.717, 1.165) is 37.3 Å². The van der Waals surface area contributed by atoms with E-state index in [0.29, 0.717) is 26.2 Å². The summed E-state index contributed by atoms with van der Waals surface area (Å²) in [4.78, 5) is 18.9. The zero-order valence-electron chi connectivity index (χ0n) is 14.3. The van der Waals surface area contributed by atoms with Gasteiger partial charge in [-0.3, -0.25) is 0 Å². The maximum atomic E-state index is 12.6. The van der Waals surface area contributed by atoms with E-state index in [2.05, 4.69) is 36.2 Å². The topological polar surface area (TPSA) is 72.3 Å². The molecule has 0 saturated carbocycles. The summed E-state index contributed by atoms with van der Waals surface area (Å²) < 4.78 is 7.75. The number of aromatic nitrogens is 3. The minimum Gasteiger partial charge on any atom is -0.372 e. The molecule has 0 radical (unpaired) electrons. The average Bonchev–Trinajstić information content (AvgIpc) is 2.97. The van der Waals surface area contributed by atoms with E-state index in [1.165, 1.54) is 0 Å². The summed E-state index contributed by atoms with van der Waals surface area (Å²) in [6.45, 7) is 8.85. The van der Waals surface area contributed by atoms with E-state index in [9.17, 15) is 4.79 Å². The molecule has 0 unspecified atom stereocenters. The van der Waals surface area contributed by atoms with E-state index in [1.54, 1.807) is 0 Å². The van der Waals surface area contributed by atoms with Gasteiger partial charge in [0, 0.05) is 19.4 Å². The Morgan fingerprint density at radius 1 is 1.48 bits per heavy atom. The first-order valence-electron chi connectivity index (χ1n) is 8.65. The van der Waals surface area contributed by atoms with E-state index >= 15 is 0 Å². The van der Waals surface area contributed by atoms with Gasteiger partial charge in [-0.15, -0.1) is 0 Å². The minimum atomic E-state index is -0.225. The third-order valence-corrected chi connectivity index (χ3v) is 4.92. The molecule has 3 rings (SSSR count). The van der Waals surface area contributed by atoms with Gasteiger partial charge in [-0.2, -0.15) is 5.10 Å². The van der Waals surface area contributed by atoms with Crippen molar-refractivity contribution in [1.82, 2.24) is 25.0 Å². The number of hydrogen-bond acceptors (Lipinski definition) is 4. The number of fused-ring (bicyclic) bond motifs is 1. The molecule has 23 heavy (non-hydrogen) atoms. The van der Waals surface area contributed by atoms with Gasteiger partial charge < -0.3 is 15.0 Å². The molecule has 0 spiro atoms. The third-order valence-electron chi connectivity index (χ3n) is 4.92. The molecule has 1 aromatic heterocycles. The van der Waals surface area contributed by atoms with Crippen LogP contribution in [0.3, 0.4) is 0 Å². The summed E-state index contributed by atoms with van der Waals surface area (Å²) in [5.41, 5.74) is -0.225. The highest BCUT2D eigenvalue weighted by Crippen LogP contribution is 2.21. The van der Waals surface area contributed by atoms with Crippen LogP contribution in [0.1, 0.15) is 45.3 Å². The van der Waals surface area contributed by atoms with E-state index in [4.69, 9.17) is 4.74 Å². The van der Waals surface area contributed by atoms with Crippen LogP contribution in [0.25, 0.3) is 0 Å². The van der Waals surface area contributed by atoms with Crippen molar-refractivity contribution in [3.05, 3.63) is 11.6 Å². The number of aryl methyl sites for hydroxylation is 2. The Labute approximate surface area is 137 Å². The first-order valence-corrected chi connectivity index (χ1v) is 8.65. The molecule has 0 bridgehead atoms. The number of ether oxygens (including phenoxy) is 1. The zero-order chi connectivity index (χ0) is 16.4. The highest BCUT2D eigenvalue weighted by molar-refractivity contribution is 5.74. The van der Waals surface area contributed by atoms with Gasteiger partial charge in [-0.05, 0) is 19.8 Å². The van der Waals surface area contributed by atoms with E-state index in [1.807, 2.05) is 9.58 Å². The molecule has 128 valence electrons. The van der Waals surface area contributed by atoms with Gasteiger partial charge in [0.1, 0.15) is 5.82 Å². The van der Waals surface area contributed by atoms with Crippen LogP contribution in [0.15, 0.2) is 0 Å². The molecule has 7 nitrogen and oxygen atoms in total. The summed E-state index contributed by atoms with van der Waals surface area (Å²) in [5.74, 6) is 1.93. The summed E-state index contributed by atoms with van der Waals surface area (Å²) in [7, 11) is 0. The van der Waals surface area contributed by atoms with Crippen LogP contribution in [-0.2, 0) is 24.1 Å². The van der Waals surface area contributed by atoms with Crippen molar-refractivity contribution in [2.45, 2.75) is 64.6 Å². The lowest BCUT2D eigenvalue weighted by atomic mass is 10.0. The molecule has 1 N–H and O–H groups in total. The second-order valence-corrected chi connectivity index (χ2v) is 6.74. The van der Waals surface area contributed by atoms with Crippen molar-refractivity contribution in [2.75, 3.05) is 19.7 Å². The van der Waals surface area contributed by atoms with Crippen molar-refractivity contribution < 1.29 is 9.53 Å². The van der Waals surface area contributed by atoms with Crippen molar-refractivity contribution in [3.63, 3.8) is 0 Å². The number of rotatable bonds is 3. The molecule has 1 fully saturated rings. The quantitative estimate of drug-likeness (QED) is 0.912. The Morgan fingerprint density at radius 3 is 3.04 bits per heavy atom. The van der Waals surface area contributed by atoms with Crippen molar-refractivity contribution >= 4 is 6.03 Å². The summed E-state index contributed by atoms with van der Waals surface area (Å²) in [5, 5.41) is 7.66. The molecule has 1 saturated heterocycles. The standard InChI is InChI=1S/C16H27N5O2/c1-4-13-18-14-7-6-12(10-21(14)19-13)17-15(22)20-8-9-23-16(3,5-2)11-20/h12H,4-11H2,1-3H3,(H,17,22)/t12-,16-/m1/s1. The Morgan fingerprint density at radius 2 is 2.30 bits per heavy atom. The second-order valence-electron chi connectivity index (χ2n) is 6.74. The van der Waals surface area contributed by atoms with Crippen LogP contribution in [0, 0.1) is 0 Å². The number of urea groups is 1. The van der Waals surface area contributed by atoms with Crippen LogP contribution in [0.5, 0.6) is 0 Å². The minimum absolute atomic E-state index is 0.0113. The van der Waals surface area contributed by atoms with Crippen LogP contribution >= 0.6 is 0 Å². The maximum absolute atomic E-state index is 12.6. The predicted molar refractivity (Wildman–Crippen MR) is 86.3 cm³/mol. The van der Waals surface area contributed by atoms with E-state index < -0.39 is 0 Å². The largest absolute Gasteiger partial charge is 0.372 e. The molecule has 2 amide bonds. The number of nitrogens with one attached hydrogen (secondary N) is 1. The highest BCUT2D eigenvalue weighted by atomic mass is 16.5. The summed E-state index contributed by atoms with van der Waals surface area (Å²) >= 11 is 0. The maximum Gasteiger partial charge on any atom is 0.317 e. The molecule has 2 aliphatic rings. The normalized spacial score (nSPS) is 27.6. The van der Waals surface area contributed by atoms with Gasteiger partial charge in [-0.1, -0.05) is 13.8 Å². The molecular weight excluding hydrogens is 294 g/mol. The highest BCUT2D eigenvalue weighted by Gasteiger charge is 2.33. The van der Waals surface area contributed by atoms with Gasteiger partial charge in [0.15, 0.2) is 5.82 Å². The smallest absolute Gasteiger partial charge is 0.317 e. The molecule has 2 atom stereocenters. The predicted octanol–water partition coefficient (Wildman–Crippen LogP) is 1.37. The van der Waals surface area contributed by atoms with Crippen LogP contribution < -0.4 is 5.32 Å². The molecule has 1 aromatic rings. The van der Waals surface area contributed by atoms with E-state index in [-0.39, 0.29) is 17.7 Å². The lowest BCUT2D eigenvalue weighted by Crippen LogP contribution is -2.56. The van der Waals surface area contributed by atoms with Gasteiger partial charge in [0.25, 0.3) is 0 Å². The monoisotopic (exact) mass is 321 g/mol. The first kappa shape index (κ1) is 16.2. The number of nitrogens with zero attached hydrogens (tertiary/aromatic N) is 4. The third kappa shape index (κ3) is 3.49. The second kappa shape index (κ2) is 6.47. The Balaban J connectivity index is 1.58. The molecule has 2 aliphatic heterocycles. The number of carbonyl (C=O) groups excluding carboxylic acids is 1. The van der Waals surface area contributed by atoms with Gasteiger partial charge in [-0.25, -0.2) is 14.5 Å².